The summed E-state index contributed by atoms with van der Waals surface area (Å²) in [5, 5.41) is 12.9. The molecule has 0 aromatic carbocycles. The van der Waals surface area contributed by atoms with E-state index in [0.717, 1.165) is 17.2 Å². The average molecular weight is 461 g/mol. The van der Waals surface area contributed by atoms with Gasteiger partial charge in [-0.25, -0.2) is 29.0 Å². The van der Waals surface area contributed by atoms with Crippen molar-refractivity contribution in [3.05, 3.63) is 65.0 Å². The van der Waals surface area contributed by atoms with Crippen molar-refractivity contribution in [2.45, 2.75) is 20.4 Å². The molecule has 0 spiro atoms. The molecular formula is C21H23N11O2. The minimum absolute atomic E-state index is 0.129. The van der Waals surface area contributed by atoms with E-state index in [-0.39, 0.29) is 18.0 Å². The Morgan fingerprint density at radius 1 is 0.941 bits per heavy atom. The van der Waals surface area contributed by atoms with Crippen LogP contribution in [0.25, 0.3) is 11.6 Å². The Labute approximate surface area is 194 Å². The van der Waals surface area contributed by atoms with Crippen molar-refractivity contribution in [2.75, 3.05) is 31.1 Å². The fourth-order valence-corrected chi connectivity index (χ4v) is 3.90. The van der Waals surface area contributed by atoms with E-state index in [1.54, 1.807) is 26.7 Å². The van der Waals surface area contributed by atoms with Gasteiger partial charge in [-0.3, -0.25) is 9.59 Å². The van der Waals surface area contributed by atoms with E-state index in [2.05, 4.69) is 35.1 Å². The molecule has 1 fully saturated rings. The van der Waals surface area contributed by atoms with Crippen LogP contribution >= 0.6 is 0 Å². The van der Waals surface area contributed by atoms with E-state index in [0.29, 0.717) is 37.8 Å². The van der Waals surface area contributed by atoms with Crippen molar-refractivity contribution in [1.82, 2.24) is 49.2 Å². The largest absolute Gasteiger partial charge is 0.353 e. The van der Waals surface area contributed by atoms with Crippen LogP contribution in [0.1, 0.15) is 11.4 Å². The molecule has 0 radical (unpaired) electrons. The molecule has 13 nitrogen and oxygen atoms in total. The van der Waals surface area contributed by atoms with Crippen molar-refractivity contribution < 1.29 is 4.79 Å². The number of anilines is 1. The third-order valence-corrected chi connectivity index (χ3v) is 5.61. The molecule has 1 aliphatic heterocycles. The lowest BCUT2D eigenvalue weighted by Crippen LogP contribution is -2.50. The maximum absolute atomic E-state index is 12.9. The van der Waals surface area contributed by atoms with Gasteiger partial charge in [-0.05, 0) is 26.0 Å². The van der Waals surface area contributed by atoms with Crippen molar-refractivity contribution >= 4 is 11.7 Å². The fourth-order valence-electron chi connectivity index (χ4n) is 3.90. The SMILES string of the molecule is Cc1cc(C)n(-c2ccc(=O)n(CC(=O)N3CCN(c4cc(-n5cncn5)ncn4)CC3)n2)n1. The Kier molecular flexibility index (Phi) is 5.57. The normalized spacial score (nSPS) is 13.9. The zero-order valence-electron chi connectivity index (χ0n) is 18.8. The van der Waals surface area contributed by atoms with Gasteiger partial charge in [0.15, 0.2) is 11.6 Å². The molecule has 0 unspecified atom stereocenters. The zero-order chi connectivity index (χ0) is 23.7. The van der Waals surface area contributed by atoms with Crippen molar-refractivity contribution in [1.29, 1.82) is 0 Å². The Morgan fingerprint density at radius 3 is 2.44 bits per heavy atom. The highest BCUT2D eigenvalue weighted by Crippen LogP contribution is 2.16. The van der Waals surface area contributed by atoms with Crippen LogP contribution in [0.2, 0.25) is 0 Å². The van der Waals surface area contributed by atoms with Crippen LogP contribution in [0.3, 0.4) is 0 Å². The molecule has 0 saturated carbocycles. The average Bonchev–Trinajstić information content (AvgIpc) is 3.50. The number of amides is 1. The highest BCUT2D eigenvalue weighted by molar-refractivity contribution is 5.76. The van der Waals surface area contributed by atoms with Crippen LogP contribution in [-0.2, 0) is 11.3 Å². The third kappa shape index (κ3) is 4.27. The predicted octanol–water partition coefficient (Wildman–Crippen LogP) is -0.235. The summed E-state index contributed by atoms with van der Waals surface area (Å²) in [7, 11) is 0. The fraction of sp³-hybridized carbons (Fsp3) is 0.333. The summed E-state index contributed by atoms with van der Waals surface area (Å²) >= 11 is 0. The summed E-state index contributed by atoms with van der Waals surface area (Å²) in [6, 6.07) is 6.77. The van der Waals surface area contributed by atoms with Gasteiger partial charge in [-0.2, -0.15) is 10.2 Å². The minimum Gasteiger partial charge on any atom is -0.353 e. The van der Waals surface area contributed by atoms with Crippen LogP contribution in [-0.4, -0.2) is 81.3 Å². The summed E-state index contributed by atoms with van der Waals surface area (Å²) in [6.45, 7) is 5.89. The number of carbonyl (C=O) groups is 1. The molecule has 5 rings (SSSR count). The molecule has 174 valence electrons. The van der Waals surface area contributed by atoms with Crippen LogP contribution < -0.4 is 10.5 Å². The van der Waals surface area contributed by atoms with E-state index >= 15 is 0 Å². The number of hydrogen-bond acceptors (Lipinski definition) is 9. The lowest BCUT2D eigenvalue weighted by molar-refractivity contribution is -0.132. The standard InChI is InChI=1S/C21H23N11O2/c1-15-9-16(2)32(26-15)17-3-4-20(33)30(27-17)11-21(34)29-7-5-28(6-8-29)18-10-19(24-13-23-18)31-14-22-12-25-31/h3-4,9-10,12-14H,5-8,11H2,1-2H3. The summed E-state index contributed by atoms with van der Waals surface area (Å²) in [6.07, 6.45) is 4.50. The first-order valence-corrected chi connectivity index (χ1v) is 10.8. The Bertz CT molecular complexity index is 1370. The van der Waals surface area contributed by atoms with Crippen molar-refractivity contribution in [3.63, 3.8) is 0 Å². The van der Waals surface area contributed by atoms with E-state index in [9.17, 15) is 9.59 Å². The molecule has 4 aromatic heterocycles. The maximum Gasteiger partial charge on any atom is 0.267 e. The monoisotopic (exact) mass is 461 g/mol. The van der Waals surface area contributed by atoms with E-state index in [1.807, 2.05) is 26.0 Å². The molecule has 0 N–H and O–H groups in total. The van der Waals surface area contributed by atoms with Gasteiger partial charge in [-0.15, -0.1) is 5.10 Å². The molecule has 1 amide bonds. The topological polar surface area (TPSA) is 133 Å². The highest BCUT2D eigenvalue weighted by Gasteiger charge is 2.23. The van der Waals surface area contributed by atoms with Crippen molar-refractivity contribution in [2.24, 2.45) is 0 Å². The Morgan fingerprint density at radius 2 is 1.74 bits per heavy atom. The third-order valence-electron chi connectivity index (χ3n) is 5.61. The Hall–Kier alpha value is -4.42. The molecule has 4 aromatic rings. The van der Waals surface area contributed by atoms with Gasteiger partial charge in [-0.1, -0.05) is 0 Å². The first-order valence-electron chi connectivity index (χ1n) is 10.8. The molecule has 0 bridgehead atoms. The van der Waals surface area contributed by atoms with Gasteiger partial charge in [0, 0.05) is 44.0 Å². The van der Waals surface area contributed by atoms with Crippen LogP contribution in [0.15, 0.2) is 48.0 Å². The lowest BCUT2D eigenvalue weighted by Gasteiger charge is -2.35. The van der Waals surface area contributed by atoms with Gasteiger partial charge >= 0.3 is 0 Å². The van der Waals surface area contributed by atoms with E-state index in [1.165, 1.54) is 23.4 Å². The maximum atomic E-state index is 12.9. The molecule has 1 saturated heterocycles. The summed E-state index contributed by atoms with van der Waals surface area (Å²) in [4.78, 5) is 41.6. The minimum atomic E-state index is -0.334. The van der Waals surface area contributed by atoms with Crippen LogP contribution in [0.4, 0.5) is 5.82 Å². The molecular weight excluding hydrogens is 438 g/mol. The zero-order valence-corrected chi connectivity index (χ0v) is 18.8. The van der Waals surface area contributed by atoms with E-state index < -0.39 is 0 Å². The summed E-state index contributed by atoms with van der Waals surface area (Å²) in [5.41, 5.74) is 1.41. The highest BCUT2D eigenvalue weighted by atomic mass is 16.2. The summed E-state index contributed by atoms with van der Waals surface area (Å²) in [5.74, 6) is 1.71. The number of hydrogen-bond donors (Lipinski definition) is 0. The molecule has 34 heavy (non-hydrogen) atoms. The van der Waals surface area contributed by atoms with Gasteiger partial charge in [0.25, 0.3) is 5.56 Å². The second-order valence-electron chi connectivity index (χ2n) is 7.97. The molecule has 13 heteroatoms. The number of nitrogens with zero attached hydrogens (tertiary/aromatic N) is 11. The van der Waals surface area contributed by atoms with Gasteiger partial charge < -0.3 is 9.80 Å². The van der Waals surface area contributed by atoms with Crippen LogP contribution in [0, 0.1) is 13.8 Å². The molecule has 0 atom stereocenters. The van der Waals surface area contributed by atoms with Crippen LogP contribution in [0.5, 0.6) is 0 Å². The Balaban J connectivity index is 1.25. The first kappa shape index (κ1) is 21.4. The smallest absolute Gasteiger partial charge is 0.267 e. The molecule has 0 aliphatic carbocycles. The second kappa shape index (κ2) is 8.84. The number of rotatable bonds is 5. The van der Waals surface area contributed by atoms with Gasteiger partial charge in [0.1, 0.15) is 31.3 Å². The summed E-state index contributed by atoms with van der Waals surface area (Å²) < 4.78 is 4.41. The second-order valence-corrected chi connectivity index (χ2v) is 7.97. The number of aromatic nitrogens is 9. The predicted molar refractivity (Wildman–Crippen MR) is 121 cm³/mol. The van der Waals surface area contributed by atoms with E-state index in [4.69, 9.17) is 0 Å². The number of aryl methyl sites for hydroxylation is 2. The van der Waals surface area contributed by atoms with Gasteiger partial charge in [0.2, 0.25) is 5.91 Å². The molecule has 1 aliphatic rings. The quantitative estimate of drug-likeness (QED) is 0.395. The first-order chi connectivity index (χ1) is 16.5. The lowest BCUT2D eigenvalue weighted by atomic mass is 10.3. The van der Waals surface area contributed by atoms with Gasteiger partial charge in [0.05, 0.1) is 5.69 Å². The number of piperazine rings is 1. The molecule has 5 heterocycles. The van der Waals surface area contributed by atoms with Crippen molar-refractivity contribution in [3.8, 4) is 11.6 Å². The number of carbonyl (C=O) groups excluding carboxylic acids is 1.